The van der Waals surface area contributed by atoms with Crippen molar-refractivity contribution in [2.45, 2.75) is 45.3 Å². The van der Waals surface area contributed by atoms with Gasteiger partial charge in [-0.3, -0.25) is 0 Å². The van der Waals surface area contributed by atoms with Gasteiger partial charge < -0.3 is 15.4 Å². The molecular formula is C16H26N2O. The second kappa shape index (κ2) is 7.04. The molecule has 0 spiro atoms. The van der Waals surface area contributed by atoms with E-state index in [9.17, 15) is 0 Å². The molecule has 0 amide bonds. The Morgan fingerprint density at radius 1 is 1.32 bits per heavy atom. The highest BCUT2D eigenvalue weighted by Crippen LogP contribution is 2.15. The summed E-state index contributed by atoms with van der Waals surface area (Å²) in [4.78, 5) is 0. The summed E-state index contributed by atoms with van der Waals surface area (Å²) in [5.41, 5.74) is 2.66. The minimum atomic E-state index is 0.389. The van der Waals surface area contributed by atoms with Gasteiger partial charge in [-0.25, -0.2) is 0 Å². The van der Waals surface area contributed by atoms with E-state index in [2.05, 4.69) is 55.7 Å². The third kappa shape index (κ3) is 4.60. The van der Waals surface area contributed by atoms with E-state index in [0.717, 1.165) is 26.2 Å². The SMILES string of the molecule is Cc1ccc(C(C)NC(C)CC2COCCN2)cc1. The molecule has 3 unspecified atom stereocenters. The molecule has 1 heterocycles. The molecule has 106 valence electrons. The number of nitrogens with one attached hydrogen (secondary N) is 2. The van der Waals surface area contributed by atoms with Gasteiger partial charge in [0, 0.05) is 24.7 Å². The maximum absolute atomic E-state index is 5.50. The van der Waals surface area contributed by atoms with E-state index in [1.807, 2.05) is 0 Å². The first-order chi connectivity index (χ1) is 9.15. The first-order valence-corrected chi connectivity index (χ1v) is 7.29. The van der Waals surface area contributed by atoms with Crippen LogP contribution in [0.5, 0.6) is 0 Å². The Morgan fingerprint density at radius 2 is 2.05 bits per heavy atom. The predicted molar refractivity (Wildman–Crippen MR) is 79.4 cm³/mol. The number of rotatable bonds is 5. The zero-order valence-electron chi connectivity index (χ0n) is 12.3. The lowest BCUT2D eigenvalue weighted by Crippen LogP contribution is -2.45. The monoisotopic (exact) mass is 262 g/mol. The summed E-state index contributed by atoms with van der Waals surface area (Å²) < 4.78 is 5.50. The fourth-order valence-electron chi connectivity index (χ4n) is 2.64. The quantitative estimate of drug-likeness (QED) is 0.855. The lowest BCUT2D eigenvalue weighted by atomic mass is 10.0. The van der Waals surface area contributed by atoms with Crippen molar-refractivity contribution >= 4 is 0 Å². The molecule has 1 aromatic carbocycles. The lowest BCUT2D eigenvalue weighted by molar-refractivity contribution is 0.0708. The average molecular weight is 262 g/mol. The maximum atomic E-state index is 5.50. The molecule has 1 aliphatic rings. The zero-order valence-corrected chi connectivity index (χ0v) is 12.3. The highest BCUT2D eigenvalue weighted by atomic mass is 16.5. The number of aryl methyl sites for hydroxylation is 1. The molecule has 3 heteroatoms. The normalized spacial score (nSPS) is 23.0. The highest BCUT2D eigenvalue weighted by molar-refractivity contribution is 5.23. The first-order valence-electron chi connectivity index (χ1n) is 7.29. The van der Waals surface area contributed by atoms with Crippen molar-refractivity contribution in [2.24, 2.45) is 0 Å². The van der Waals surface area contributed by atoms with Crippen LogP contribution in [-0.2, 0) is 4.74 Å². The van der Waals surface area contributed by atoms with E-state index in [0.29, 0.717) is 18.1 Å². The van der Waals surface area contributed by atoms with Gasteiger partial charge in [-0.05, 0) is 32.8 Å². The zero-order chi connectivity index (χ0) is 13.7. The van der Waals surface area contributed by atoms with Gasteiger partial charge in [0.25, 0.3) is 0 Å². The summed E-state index contributed by atoms with van der Waals surface area (Å²) in [6, 6.07) is 10.1. The smallest absolute Gasteiger partial charge is 0.0620 e. The molecule has 0 aromatic heterocycles. The summed E-state index contributed by atoms with van der Waals surface area (Å²) >= 11 is 0. The molecule has 2 rings (SSSR count). The largest absolute Gasteiger partial charge is 0.379 e. The lowest BCUT2D eigenvalue weighted by Gasteiger charge is -2.28. The molecule has 19 heavy (non-hydrogen) atoms. The third-order valence-corrected chi connectivity index (χ3v) is 3.75. The van der Waals surface area contributed by atoms with Crippen molar-refractivity contribution in [3.8, 4) is 0 Å². The Hall–Kier alpha value is -0.900. The summed E-state index contributed by atoms with van der Waals surface area (Å²) in [6.45, 7) is 9.26. The van der Waals surface area contributed by atoms with E-state index in [-0.39, 0.29) is 0 Å². The van der Waals surface area contributed by atoms with Gasteiger partial charge in [-0.2, -0.15) is 0 Å². The van der Waals surface area contributed by atoms with Crippen LogP contribution in [0, 0.1) is 6.92 Å². The van der Waals surface area contributed by atoms with Gasteiger partial charge >= 0.3 is 0 Å². The van der Waals surface area contributed by atoms with Crippen molar-refractivity contribution < 1.29 is 4.74 Å². The molecule has 3 atom stereocenters. The average Bonchev–Trinajstić information content (AvgIpc) is 2.40. The minimum absolute atomic E-state index is 0.389. The summed E-state index contributed by atoms with van der Waals surface area (Å²) in [5.74, 6) is 0. The van der Waals surface area contributed by atoms with Gasteiger partial charge in [-0.15, -0.1) is 0 Å². The van der Waals surface area contributed by atoms with Crippen LogP contribution in [0.3, 0.4) is 0 Å². The van der Waals surface area contributed by atoms with Crippen LogP contribution in [0.15, 0.2) is 24.3 Å². The fraction of sp³-hybridized carbons (Fsp3) is 0.625. The van der Waals surface area contributed by atoms with Crippen LogP contribution in [0.4, 0.5) is 0 Å². The standard InChI is InChI=1S/C16H26N2O/c1-12-4-6-15(7-5-12)14(3)18-13(2)10-16-11-19-9-8-17-16/h4-7,13-14,16-18H,8-11H2,1-3H3. The molecule has 1 aromatic rings. The Morgan fingerprint density at radius 3 is 2.68 bits per heavy atom. The van der Waals surface area contributed by atoms with Crippen LogP contribution >= 0.6 is 0 Å². The molecule has 1 fully saturated rings. The molecule has 0 aliphatic carbocycles. The molecule has 3 nitrogen and oxygen atoms in total. The summed E-state index contributed by atoms with van der Waals surface area (Å²) in [7, 11) is 0. The Labute approximate surface area is 116 Å². The van der Waals surface area contributed by atoms with E-state index >= 15 is 0 Å². The molecule has 1 saturated heterocycles. The number of morpholine rings is 1. The van der Waals surface area contributed by atoms with Crippen LogP contribution < -0.4 is 10.6 Å². The predicted octanol–water partition coefficient (Wildman–Crippen LogP) is 2.41. The Balaban J connectivity index is 1.80. The second-order valence-electron chi connectivity index (χ2n) is 5.66. The van der Waals surface area contributed by atoms with E-state index in [1.54, 1.807) is 0 Å². The molecule has 1 aliphatic heterocycles. The topological polar surface area (TPSA) is 33.3 Å². The maximum Gasteiger partial charge on any atom is 0.0620 e. The van der Waals surface area contributed by atoms with Crippen molar-refractivity contribution in [3.63, 3.8) is 0 Å². The number of hydrogen-bond donors (Lipinski definition) is 2. The fourth-order valence-corrected chi connectivity index (χ4v) is 2.64. The molecule has 0 bridgehead atoms. The van der Waals surface area contributed by atoms with Crippen LogP contribution in [0.1, 0.15) is 37.4 Å². The number of ether oxygens (including phenoxy) is 1. The van der Waals surface area contributed by atoms with E-state index in [4.69, 9.17) is 4.74 Å². The van der Waals surface area contributed by atoms with Crippen LogP contribution in [-0.4, -0.2) is 31.8 Å². The first kappa shape index (κ1) is 14.5. The summed E-state index contributed by atoms with van der Waals surface area (Å²) in [6.07, 6.45) is 1.11. The van der Waals surface area contributed by atoms with Crippen molar-refractivity contribution in [2.75, 3.05) is 19.8 Å². The van der Waals surface area contributed by atoms with Crippen LogP contribution in [0.2, 0.25) is 0 Å². The number of benzene rings is 1. The minimum Gasteiger partial charge on any atom is -0.379 e. The van der Waals surface area contributed by atoms with Gasteiger partial charge in [0.1, 0.15) is 0 Å². The van der Waals surface area contributed by atoms with E-state index < -0.39 is 0 Å². The third-order valence-electron chi connectivity index (χ3n) is 3.75. The van der Waals surface area contributed by atoms with Gasteiger partial charge in [0.2, 0.25) is 0 Å². The molecule has 0 radical (unpaired) electrons. The Bertz CT molecular complexity index is 371. The van der Waals surface area contributed by atoms with Crippen molar-refractivity contribution in [1.82, 2.24) is 10.6 Å². The van der Waals surface area contributed by atoms with Gasteiger partial charge in [-0.1, -0.05) is 29.8 Å². The molecule has 2 N–H and O–H groups in total. The van der Waals surface area contributed by atoms with E-state index in [1.165, 1.54) is 11.1 Å². The molecular weight excluding hydrogens is 236 g/mol. The van der Waals surface area contributed by atoms with Gasteiger partial charge in [0.15, 0.2) is 0 Å². The van der Waals surface area contributed by atoms with Gasteiger partial charge in [0.05, 0.1) is 13.2 Å². The second-order valence-corrected chi connectivity index (χ2v) is 5.66. The Kier molecular flexibility index (Phi) is 5.37. The number of hydrogen-bond acceptors (Lipinski definition) is 3. The summed E-state index contributed by atoms with van der Waals surface area (Å²) in [5, 5.41) is 7.17. The van der Waals surface area contributed by atoms with Crippen LogP contribution in [0.25, 0.3) is 0 Å². The highest BCUT2D eigenvalue weighted by Gasteiger charge is 2.17. The van der Waals surface area contributed by atoms with Crippen molar-refractivity contribution in [3.05, 3.63) is 35.4 Å². The molecule has 0 saturated carbocycles. The van der Waals surface area contributed by atoms with Crippen molar-refractivity contribution in [1.29, 1.82) is 0 Å².